The van der Waals surface area contributed by atoms with Crippen LogP contribution in [0, 0.1) is 11.3 Å². The van der Waals surface area contributed by atoms with E-state index in [1.54, 1.807) is 11.8 Å². The molecule has 1 fully saturated rings. The molecular weight excluding hydrogens is 204 g/mol. The molecule has 1 aliphatic rings. The van der Waals surface area contributed by atoms with Gasteiger partial charge in [0.15, 0.2) is 0 Å². The van der Waals surface area contributed by atoms with Crippen molar-refractivity contribution in [3.05, 3.63) is 0 Å². The lowest BCUT2D eigenvalue weighted by Gasteiger charge is -2.40. The van der Waals surface area contributed by atoms with Gasteiger partial charge in [-0.25, -0.2) is 0 Å². The van der Waals surface area contributed by atoms with Crippen LogP contribution in [0.5, 0.6) is 0 Å². The second kappa shape index (κ2) is 4.44. The van der Waals surface area contributed by atoms with Gasteiger partial charge < -0.3 is 10.2 Å². The van der Waals surface area contributed by atoms with Crippen LogP contribution >= 0.6 is 0 Å². The maximum Gasteiger partial charge on any atom is 0.242 e. The lowest BCUT2D eigenvalue weighted by atomic mass is 9.80. The molecule has 1 atom stereocenters. The largest absolute Gasteiger partial charge is 0.345 e. The third-order valence-corrected chi connectivity index (χ3v) is 3.72. The first-order valence-electron chi connectivity index (χ1n) is 5.83. The Labute approximate surface area is 97.4 Å². The Morgan fingerprint density at radius 2 is 2.00 bits per heavy atom. The molecule has 0 spiro atoms. The highest BCUT2D eigenvalue weighted by Crippen LogP contribution is 2.28. The molecule has 16 heavy (non-hydrogen) atoms. The molecular formula is C12H22N2O2. The summed E-state index contributed by atoms with van der Waals surface area (Å²) in [5.41, 5.74) is 0.0293. The molecule has 92 valence electrons. The summed E-state index contributed by atoms with van der Waals surface area (Å²) >= 11 is 0. The molecule has 0 saturated carbocycles. The number of carbonyl (C=O) groups is 2. The van der Waals surface area contributed by atoms with Gasteiger partial charge in [-0.15, -0.1) is 0 Å². The number of carbonyl (C=O) groups excluding carboxylic acids is 2. The second-order valence-electron chi connectivity index (χ2n) is 5.56. The first kappa shape index (κ1) is 13.0. The van der Waals surface area contributed by atoms with E-state index in [0.29, 0.717) is 12.5 Å². The Kier molecular flexibility index (Phi) is 3.61. The van der Waals surface area contributed by atoms with Gasteiger partial charge in [0, 0.05) is 6.54 Å². The van der Waals surface area contributed by atoms with Crippen molar-refractivity contribution in [3.63, 3.8) is 0 Å². The van der Waals surface area contributed by atoms with E-state index in [1.165, 1.54) is 0 Å². The summed E-state index contributed by atoms with van der Waals surface area (Å²) in [6.45, 7) is 11.1. The first-order chi connectivity index (χ1) is 7.25. The van der Waals surface area contributed by atoms with Crippen molar-refractivity contribution in [2.75, 3.05) is 13.1 Å². The molecule has 0 radical (unpaired) electrons. The van der Waals surface area contributed by atoms with E-state index in [9.17, 15) is 9.59 Å². The van der Waals surface area contributed by atoms with E-state index >= 15 is 0 Å². The van der Waals surface area contributed by atoms with Crippen LogP contribution < -0.4 is 5.32 Å². The highest BCUT2D eigenvalue weighted by Gasteiger charge is 2.35. The quantitative estimate of drug-likeness (QED) is 0.781. The molecule has 4 nitrogen and oxygen atoms in total. The molecule has 1 aliphatic heterocycles. The smallest absolute Gasteiger partial charge is 0.242 e. The summed E-state index contributed by atoms with van der Waals surface area (Å²) in [4.78, 5) is 25.0. The van der Waals surface area contributed by atoms with Crippen LogP contribution in [0.3, 0.4) is 0 Å². The van der Waals surface area contributed by atoms with Gasteiger partial charge in [-0.05, 0) is 18.3 Å². The lowest BCUT2D eigenvalue weighted by Crippen LogP contribution is -2.59. The van der Waals surface area contributed by atoms with Gasteiger partial charge >= 0.3 is 0 Å². The highest BCUT2D eigenvalue weighted by atomic mass is 16.2. The average molecular weight is 226 g/mol. The Morgan fingerprint density at radius 3 is 2.50 bits per heavy atom. The number of amides is 2. The molecule has 4 heteroatoms. The normalized spacial score (nSPS) is 22.6. The average Bonchev–Trinajstić information content (AvgIpc) is 2.18. The summed E-state index contributed by atoms with van der Waals surface area (Å²) in [5.74, 6) is 0.428. The number of hydrogen-bond donors (Lipinski definition) is 1. The van der Waals surface area contributed by atoms with Crippen LogP contribution in [-0.2, 0) is 9.59 Å². The molecule has 0 aromatic rings. The van der Waals surface area contributed by atoms with E-state index in [0.717, 1.165) is 0 Å². The van der Waals surface area contributed by atoms with Crippen molar-refractivity contribution in [3.8, 4) is 0 Å². The van der Waals surface area contributed by atoms with Gasteiger partial charge in [-0.1, -0.05) is 27.7 Å². The van der Waals surface area contributed by atoms with Crippen molar-refractivity contribution < 1.29 is 9.59 Å². The molecule has 1 unspecified atom stereocenters. The highest BCUT2D eigenvalue weighted by molar-refractivity contribution is 5.94. The molecule has 0 aliphatic carbocycles. The summed E-state index contributed by atoms with van der Waals surface area (Å²) < 4.78 is 0. The molecule has 0 aromatic carbocycles. The fraction of sp³-hybridized carbons (Fsp3) is 0.833. The summed E-state index contributed by atoms with van der Waals surface area (Å²) in [6, 6.07) is -0.348. The zero-order valence-corrected chi connectivity index (χ0v) is 10.8. The molecule has 0 aromatic heterocycles. The second-order valence-corrected chi connectivity index (χ2v) is 5.56. The standard InChI is InChI=1S/C12H22N2O2/c1-8(2)12(4,5)7-14-9(3)11(16)13-6-10(14)15/h8-9H,6-7H2,1-5H3,(H,13,16). The predicted molar refractivity (Wildman–Crippen MR) is 62.8 cm³/mol. The lowest BCUT2D eigenvalue weighted by molar-refractivity contribution is -0.146. The van der Waals surface area contributed by atoms with Crippen molar-refractivity contribution in [2.24, 2.45) is 11.3 Å². The van der Waals surface area contributed by atoms with E-state index < -0.39 is 0 Å². The minimum Gasteiger partial charge on any atom is -0.345 e. The zero-order valence-electron chi connectivity index (χ0n) is 10.8. The van der Waals surface area contributed by atoms with Gasteiger partial charge in [-0.3, -0.25) is 9.59 Å². The third kappa shape index (κ3) is 2.54. The fourth-order valence-corrected chi connectivity index (χ4v) is 1.62. The Bertz CT molecular complexity index is 297. The minimum atomic E-state index is -0.348. The molecule has 1 rings (SSSR count). The maximum atomic E-state index is 11.8. The molecule has 1 N–H and O–H groups in total. The van der Waals surface area contributed by atoms with Crippen molar-refractivity contribution in [2.45, 2.75) is 40.7 Å². The zero-order chi connectivity index (χ0) is 12.5. The number of hydrogen-bond acceptors (Lipinski definition) is 2. The first-order valence-corrected chi connectivity index (χ1v) is 5.83. The topological polar surface area (TPSA) is 49.4 Å². The van der Waals surface area contributed by atoms with Crippen LogP contribution in [0.25, 0.3) is 0 Å². The van der Waals surface area contributed by atoms with Crippen LogP contribution in [0.15, 0.2) is 0 Å². The van der Waals surface area contributed by atoms with Gasteiger partial charge in [0.1, 0.15) is 6.04 Å². The number of nitrogens with zero attached hydrogens (tertiary/aromatic N) is 1. The number of rotatable bonds is 3. The van der Waals surface area contributed by atoms with Crippen LogP contribution in [0.4, 0.5) is 0 Å². The fourth-order valence-electron chi connectivity index (χ4n) is 1.62. The SMILES string of the molecule is CC1C(=O)NCC(=O)N1CC(C)(C)C(C)C. The Morgan fingerprint density at radius 1 is 1.44 bits per heavy atom. The van der Waals surface area contributed by atoms with Crippen molar-refractivity contribution >= 4 is 11.8 Å². The minimum absolute atomic E-state index is 0.0147. The predicted octanol–water partition coefficient (Wildman–Crippen LogP) is 1.02. The third-order valence-electron chi connectivity index (χ3n) is 3.72. The Hall–Kier alpha value is -1.06. The number of nitrogens with one attached hydrogen (secondary N) is 1. The molecule has 0 bridgehead atoms. The Balaban J connectivity index is 2.78. The van der Waals surface area contributed by atoms with Gasteiger partial charge in [-0.2, -0.15) is 0 Å². The number of piperazine rings is 1. The van der Waals surface area contributed by atoms with Gasteiger partial charge in [0.2, 0.25) is 11.8 Å². The van der Waals surface area contributed by atoms with E-state index in [-0.39, 0.29) is 29.8 Å². The summed E-state index contributed by atoms with van der Waals surface area (Å²) in [5, 5.41) is 2.60. The van der Waals surface area contributed by atoms with Gasteiger partial charge in [0.25, 0.3) is 0 Å². The summed E-state index contributed by atoms with van der Waals surface area (Å²) in [6.07, 6.45) is 0. The van der Waals surface area contributed by atoms with Crippen molar-refractivity contribution in [1.82, 2.24) is 10.2 Å². The monoisotopic (exact) mass is 226 g/mol. The van der Waals surface area contributed by atoms with Gasteiger partial charge in [0.05, 0.1) is 6.54 Å². The maximum absolute atomic E-state index is 11.8. The van der Waals surface area contributed by atoms with Crippen LogP contribution in [0.2, 0.25) is 0 Å². The molecule has 2 amide bonds. The van der Waals surface area contributed by atoms with Crippen LogP contribution in [-0.4, -0.2) is 35.8 Å². The van der Waals surface area contributed by atoms with E-state index in [1.807, 2.05) is 0 Å². The van der Waals surface area contributed by atoms with Crippen molar-refractivity contribution in [1.29, 1.82) is 0 Å². The van der Waals surface area contributed by atoms with Crippen LogP contribution in [0.1, 0.15) is 34.6 Å². The summed E-state index contributed by atoms with van der Waals surface area (Å²) in [7, 11) is 0. The van der Waals surface area contributed by atoms with E-state index in [2.05, 4.69) is 33.0 Å². The molecule has 1 heterocycles. The van der Waals surface area contributed by atoms with E-state index in [4.69, 9.17) is 0 Å². The molecule has 1 saturated heterocycles.